The summed E-state index contributed by atoms with van der Waals surface area (Å²) in [6.07, 6.45) is 2.44. The summed E-state index contributed by atoms with van der Waals surface area (Å²) in [7, 11) is 3.55. The number of hydrogen-bond donors (Lipinski definition) is 1. The van der Waals surface area contributed by atoms with Gasteiger partial charge in [-0.25, -0.2) is 0 Å². The summed E-state index contributed by atoms with van der Waals surface area (Å²) in [5, 5.41) is 2.81. The Morgan fingerprint density at radius 1 is 0.927 bits per heavy atom. The Morgan fingerprint density at radius 3 is 2.07 bits per heavy atom. The molecule has 1 amide bonds. The molecule has 0 atom stereocenters. The molecule has 2 aliphatic carbocycles. The Balaban J connectivity index is 1.45. The Labute approximate surface area is 250 Å². The van der Waals surface area contributed by atoms with Gasteiger partial charge in [-0.05, 0) is 69.4 Å². The SMILES string of the molecule is COc1ccccc1NC(=O)COc1ccc(C2C3=C(CC(C)(C)CC3=O)N(C)C3=C2C(=O)CC(C)(C)C3)cc1Br. The van der Waals surface area contributed by atoms with Gasteiger partial charge in [0, 0.05) is 48.3 Å². The molecule has 1 N–H and O–H groups in total. The lowest BCUT2D eigenvalue weighted by molar-refractivity contribution is -0.120. The third kappa shape index (κ3) is 5.71. The van der Waals surface area contributed by atoms with Crippen LogP contribution in [0.5, 0.6) is 11.5 Å². The largest absolute Gasteiger partial charge is 0.495 e. The molecule has 0 saturated heterocycles. The number of benzene rings is 2. The monoisotopic (exact) mass is 620 g/mol. The number of amides is 1. The summed E-state index contributed by atoms with van der Waals surface area (Å²) in [5.74, 6) is 0.503. The first-order valence-corrected chi connectivity index (χ1v) is 14.7. The van der Waals surface area contributed by atoms with Crippen molar-refractivity contribution in [2.45, 2.75) is 59.3 Å². The third-order valence-corrected chi connectivity index (χ3v) is 8.83. The zero-order valence-electron chi connectivity index (χ0n) is 24.5. The number of nitrogens with zero attached hydrogens (tertiary/aromatic N) is 1. The van der Waals surface area contributed by atoms with Crippen LogP contribution in [0.15, 0.2) is 69.5 Å². The molecule has 2 aromatic carbocycles. The number of methoxy groups -OCH3 is 1. The minimum Gasteiger partial charge on any atom is -0.495 e. The first-order chi connectivity index (χ1) is 19.3. The van der Waals surface area contributed by atoms with Gasteiger partial charge in [-0.15, -0.1) is 0 Å². The lowest BCUT2D eigenvalue weighted by Gasteiger charge is -2.47. The summed E-state index contributed by atoms with van der Waals surface area (Å²) in [6, 6.07) is 12.8. The van der Waals surface area contributed by atoms with E-state index in [1.54, 1.807) is 25.3 Å². The van der Waals surface area contributed by atoms with E-state index in [4.69, 9.17) is 9.47 Å². The van der Waals surface area contributed by atoms with Gasteiger partial charge >= 0.3 is 0 Å². The van der Waals surface area contributed by atoms with Gasteiger partial charge in [-0.1, -0.05) is 45.9 Å². The fraction of sp³-hybridized carbons (Fsp3) is 0.424. The number of carbonyl (C=O) groups is 3. The summed E-state index contributed by atoms with van der Waals surface area (Å²) >= 11 is 3.62. The van der Waals surface area contributed by atoms with Crippen molar-refractivity contribution < 1.29 is 23.9 Å². The van der Waals surface area contributed by atoms with E-state index in [1.165, 1.54) is 0 Å². The van der Waals surface area contributed by atoms with Crippen LogP contribution in [-0.4, -0.2) is 43.1 Å². The van der Waals surface area contributed by atoms with Crippen molar-refractivity contribution in [1.82, 2.24) is 4.90 Å². The molecule has 0 saturated carbocycles. The molecule has 0 bridgehead atoms. The maximum atomic E-state index is 13.7. The van der Waals surface area contributed by atoms with Crippen LogP contribution in [0, 0.1) is 10.8 Å². The minimum atomic E-state index is -0.428. The molecule has 0 spiro atoms. The number of rotatable bonds is 6. The predicted octanol–water partition coefficient (Wildman–Crippen LogP) is 6.79. The molecule has 0 aromatic heterocycles. The van der Waals surface area contributed by atoms with E-state index in [-0.39, 0.29) is 34.9 Å². The number of nitrogens with one attached hydrogen (secondary N) is 1. The molecule has 216 valence electrons. The minimum absolute atomic E-state index is 0.0988. The summed E-state index contributed by atoms with van der Waals surface area (Å²) in [5.41, 5.74) is 4.62. The highest BCUT2D eigenvalue weighted by Gasteiger charge is 2.48. The average molecular weight is 622 g/mol. The van der Waals surface area contributed by atoms with Gasteiger partial charge in [0.2, 0.25) is 0 Å². The summed E-state index contributed by atoms with van der Waals surface area (Å²) in [6.45, 7) is 8.32. The first-order valence-electron chi connectivity index (χ1n) is 13.9. The van der Waals surface area contributed by atoms with Gasteiger partial charge in [0.05, 0.1) is 17.3 Å². The number of para-hydroxylation sites is 2. The second-order valence-electron chi connectivity index (χ2n) is 12.8. The molecule has 1 aliphatic heterocycles. The van der Waals surface area contributed by atoms with Crippen molar-refractivity contribution in [3.05, 3.63) is 75.0 Å². The van der Waals surface area contributed by atoms with E-state index in [2.05, 4.69) is 53.8 Å². The van der Waals surface area contributed by atoms with Crippen LogP contribution in [-0.2, 0) is 14.4 Å². The average Bonchev–Trinajstić information content (AvgIpc) is 2.88. The first kappa shape index (κ1) is 29.1. The number of hydrogen-bond acceptors (Lipinski definition) is 6. The molecule has 0 radical (unpaired) electrons. The lowest BCUT2D eigenvalue weighted by Crippen LogP contribution is -2.43. The Bertz CT molecular complexity index is 1450. The number of anilines is 1. The van der Waals surface area contributed by atoms with Crippen molar-refractivity contribution in [1.29, 1.82) is 0 Å². The standard InChI is InChI=1S/C33H37BrN2O5/c1-32(2)14-22-30(24(37)16-32)29(31-23(36(22)5)15-33(3,4)17-25(31)38)19-11-12-26(20(34)13-19)41-18-28(39)35-21-9-7-8-10-27(21)40-6/h7-13,29H,14-18H2,1-6H3,(H,35,39). The second kappa shape index (κ2) is 10.8. The second-order valence-corrected chi connectivity index (χ2v) is 13.7. The molecule has 5 rings (SSSR count). The van der Waals surface area contributed by atoms with Crippen molar-refractivity contribution in [2.24, 2.45) is 10.8 Å². The van der Waals surface area contributed by atoms with Crippen LogP contribution in [0.1, 0.15) is 64.9 Å². The number of ketones is 2. The van der Waals surface area contributed by atoms with E-state index < -0.39 is 5.92 Å². The highest BCUT2D eigenvalue weighted by Crippen LogP contribution is 2.54. The van der Waals surface area contributed by atoms with E-state index in [0.29, 0.717) is 34.5 Å². The molecule has 8 heteroatoms. The van der Waals surface area contributed by atoms with E-state index in [1.807, 2.05) is 31.3 Å². The topological polar surface area (TPSA) is 84.9 Å². The van der Waals surface area contributed by atoms with Crippen molar-refractivity contribution in [3.8, 4) is 11.5 Å². The summed E-state index contributed by atoms with van der Waals surface area (Å²) in [4.78, 5) is 42.1. The van der Waals surface area contributed by atoms with Crippen molar-refractivity contribution >= 4 is 39.1 Å². The highest BCUT2D eigenvalue weighted by atomic mass is 79.9. The lowest BCUT2D eigenvalue weighted by atomic mass is 9.64. The maximum absolute atomic E-state index is 13.7. The molecule has 41 heavy (non-hydrogen) atoms. The van der Waals surface area contributed by atoms with Crippen molar-refractivity contribution in [2.75, 3.05) is 26.1 Å². The Hall–Kier alpha value is -3.39. The van der Waals surface area contributed by atoms with Crippen LogP contribution in [0.3, 0.4) is 0 Å². The van der Waals surface area contributed by atoms with Gasteiger partial charge in [0.15, 0.2) is 18.2 Å². The number of ether oxygens (including phenoxy) is 2. The van der Waals surface area contributed by atoms with Crippen LogP contribution < -0.4 is 14.8 Å². The predicted molar refractivity (Wildman–Crippen MR) is 162 cm³/mol. The van der Waals surface area contributed by atoms with Gasteiger partial charge in [-0.2, -0.15) is 0 Å². The van der Waals surface area contributed by atoms with E-state index in [0.717, 1.165) is 40.9 Å². The van der Waals surface area contributed by atoms with Gasteiger partial charge in [0.25, 0.3) is 5.91 Å². The fourth-order valence-corrected chi connectivity index (χ4v) is 6.90. The number of halogens is 1. The maximum Gasteiger partial charge on any atom is 0.262 e. The number of Topliss-reactive ketones (excluding diaryl/α,β-unsaturated/α-hetero) is 2. The van der Waals surface area contributed by atoms with Crippen LogP contribution in [0.25, 0.3) is 0 Å². The Morgan fingerprint density at radius 2 is 1.51 bits per heavy atom. The van der Waals surface area contributed by atoms with Gasteiger partial charge < -0.3 is 19.7 Å². The molecule has 1 heterocycles. The van der Waals surface area contributed by atoms with Crippen LogP contribution in [0.4, 0.5) is 5.69 Å². The van der Waals surface area contributed by atoms with Crippen LogP contribution in [0.2, 0.25) is 0 Å². The normalized spacial score (nSPS) is 20.0. The Kier molecular flexibility index (Phi) is 7.66. The molecule has 7 nitrogen and oxygen atoms in total. The smallest absolute Gasteiger partial charge is 0.262 e. The van der Waals surface area contributed by atoms with Crippen molar-refractivity contribution in [3.63, 3.8) is 0 Å². The van der Waals surface area contributed by atoms with E-state index >= 15 is 0 Å². The van der Waals surface area contributed by atoms with Gasteiger partial charge in [0.1, 0.15) is 11.5 Å². The zero-order chi connectivity index (χ0) is 29.7. The van der Waals surface area contributed by atoms with E-state index in [9.17, 15) is 14.4 Å². The molecule has 3 aliphatic rings. The fourth-order valence-electron chi connectivity index (χ4n) is 6.39. The molecule has 0 fully saturated rings. The third-order valence-electron chi connectivity index (χ3n) is 8.21. The molecular formula is C33H37BrN2O5. The highest BCUT2D eigenvalue weighted by molar-refractivity contribution is 9.10. The van der Waals surface area contributed by atoms with Crippen LogP contribution >= 0.6 is 15.9 Å². The number of allylic oxidation sites excluding steroid dienone is 4. The quantitative estimate of drug-likeness (QED) is 0.383. The molecule has 0 unspecified atom stereocenters. The zero-order valence-corrected chi connectivity index (χ0v) is 26.1. The van der Waals surface area contributed by atoms with Gasteiger partial charge in [-0.3, -0.25) is 14.4 Å². The molecular weight excluding hydrogens is 584 g/mol. The summed E-state index contributed by atoms with van der Waals surface area (Å²) < 4.78 is 11.8. The number of carbonyl (C=O) groups excluding carboxylic acids is 3. The molecule has 2 aromatic rings.